The van der Waals surface area contributed by atoms with Crippen LogP contribution in [0.1, 0.15) is 48.2 Å². The van der Waals surface area contributed by atoms with E-state index in [1.165, 1.54) is 43.6 Å². The number of aromatic amines is 1. The van der Waals surface area contributed by atoms with Gasteiger partial charge in [-0.25, -0.2) is 14.4 Å². The molecule has 0 radical (unpaired) electrons. The lowest BCUT2D eigenvalue weighted by Crippen LogP contribution is -2.56. The van der Waals surface area contributed by atoms with Crippen LogP contribution in [0.3, 0.4) is 0 Å². The summed E-state index contributed by atoms with van der Waals surface area (Å²) in [6.45, 7) is 1.18. The van der Waals surface area contributed by atoms with Crippen molar-refractivity contribution >= 4 is 11.8 Å². The van der Waals surface area contributed by atoms with Crippen molar-refractivity contribution in [1.29, 1.82) is 0 Å². The number of imidazole rings is 1. The number of likely N-dealkylation sites (N-methyl/N-ethyl adjacent to an activating group) is 1. The fourth-order valence-electron chi connectivity index (χ4n) is 5.36. The molecule has 1 aromatic carbocycles. The monoisotopic (exact) mass is 471 g/mol. The molecule has 34 heavy (non-hydrogen) atoms. The summed E-state index contributed by atoms with van der Waals surface area (Å²) in [5, 5.41) is 4.63. The maximum Gasteiger partial charge on any atom is 0.263 e. The Morgan fingerprint density at radius 3 is 2.68 bits per heavy atom. The smallest absolute Gasteiger partial charge is 0.263 e. The molecule has 1 saturated heterocycles. The summed E-state index contributed by atoms with van der Waals surface area (Å²) in [7, 11) is 3.04. The van der Waals surface area contributed by atoms with Gasteiger partial charge in [-0.15, -0.1) is 0 Å². The molecule has 1 aliphatic carbocycles. The van der Waals surface area contributed by atoms with Crippen molar-refractivity contribution in [3.05, 3.63) is 53.9 Å². The van der Waals surface area contributed by atoms with E-state index < -0.39 is 6.04 Å². The highest BCUT2D eigenvalue weighted by Gasteiger charge is 2.39. The summed E-state index contributed by atoms with van der Waals surface area (Å²) in [4.78, 5) is 40.6. The number of nitrogens with zero attached hydrogens (tertiary/aromatic N) is 3. The van der Waals surface area contributed by atoms with E-state index in [2.05, 4.69) is 15.3 Å². The summed E-state index contributed by atoms with van der Waals surface area (Å²) in [6.07, 6.45) is 9.36. The van der Waals surface area contributed by atoms with E-state index in [1.807, 2.05) is 4.90 Å². The third-order valence-electron chi connectivity index (χ3n) is 7.33. The Hall–Kier alpha value is -2.78. The number of hydroxylamine groups is 2. The van der Waals surface area contributed by atoms with Crippen LogP contribution < -0.4 is 5.32 Å². The lowest BCUT2D eigenvalue weighted by atomic mass is 9.72. The molecular formula is C25H34FN5O3. The summed E-state index contributed by atoms with van der Waals surface area (Å²) in [5.41, 5.74) is 1.33. The lowest BCUT2D eigenvalue weighted by Gasteiger charge is -2.46. The Balaban J connectivity index is 1.51. The van der Waals surface area contributed by atoms with Gasteiger partial charge in [-0.05, 0) is 48.9 Å². The van der Waals surface area contributed by atoms with Crippen molar-refractivity contribution in [2.75, 3.05) is 27.2 Å². The molecule has 2 heterocycles. The quantitative estimate of drug-likeness (QED) is 0.578. The van der Waals surface area contributed by atoms with Gasteiger partial charge in [0.2, 0.25) is 0 Å². The number of hydrogen-bond acceptors (Lipinski definition) is 5. The number of benzene rings is 1. The second kappa shape index (κ2) is 11.1. The summed E-state index contributed by atoms with van der Waals surface area (Å²) < 4.78 is 13.4. The van der Waals surface area contributed by atoms with Gasteiger partial charge in [-0.3, -0.25) is 14.4 Å². The number of piperidine rings is 1. The number of nitrogens with one attached hydrogen (secondary N) is 2. The maximum absolute atomic E-state index is 13.5. The number of fused-ring (bicyclic) bond motifs is 1. The Kier molecular flexibility index (Phi) is 7.95. The van der Waals surface area contributed by atoms with Gasteiger partial charge < -0.3 is 15.2 Å². The number of carbonyl (C=O) groups excluding carboxylic acids is 2. The number of hydrogen-bond donors (Lipinski definition) is 2. The highest BCUT2D eigenvalue weighted by molar-refractivity contribution is 5.94. The largest absolute Gasteiger partial charge is 0.348 e. The summed E-state index contributed by atoms with van der Waals surface area (Å²) in [6, 6.07) is 5.17. The standard InChI is InChI=1S/C25H34FN5O3/c1-30(34-2)25(33)23(12-21-13-27-16-29-21)28-14-22-11-18-5-3-4-6-19(18)15-31(22)24(32)17-7-9-20(26)10-8-17/h7-10,13,16,18-19,22-23,28H,3-6,11-12,14-15H2,1-2H3,(H,27,29)/t18-,19-,22+,23?/m1/s1. The van der Waals surface area contributed by atoms with Gasteiger partial charge >= 0.3 is 0 Å². The molecule has 4 atom stereocenters. The molecule has 2 aliphatic rings. The van der Waals surface area contributed by atoms with Crippen LogP contribution in [0.2, 0.25) is 0 Å². The number of likely N-dealkylation sites (tertiary alicyclic amines) is 1. The Bertz CT molecular complexity index is 952. The second-order valence-corrected chi connectivity index (χ2v) is 9.42. The van der Waals surface area contributed by atoms with E-state index >= 15 is 0 Å². The molecule has 0 spiro atoms. The minimum absolute atomic E-state index is 0.0539. The normalized spacial score (nSPS) is 23.3. The first-order valence-corrected chi connectivity index (χ1v) is 12.0. The van der Waals surface area contributed by atoms with E-state index in [4.69, 9.17) is 4.84 Å². The van der Waals surface area contributed by atoms with E-state index in [-0.39, 0.29) is 23.7 Å². The zero-order valence-corrected chi connectivity index (χ0v) is 19.9. The molecule has 1 aromatic heterocycles. The van der Waals surface area contributed by atoms with Crippen molar-refractivity contribution in [1.82, 2.24) is 25.2 Å². The first-order chi connectivity index (χ1) is 16.5. The highest BCUT2D eigenvalue weighted by Crippen LogP contribution is 2.39. The molecule has 9 heteroatoms. The molecule has 4 rings (SSSR count). The fourth-order valence-corrected chi connectivity index (χ4v) is 5.36. The van der Waals surface area contributed by atoms with E-state index in [0.717, 1.165) is 18.5 Å². The molecule has 0 bridgehead atoms. The third kappa shape index (κ3) is 5.64. The topological polar surface area (TPSA) is 90.6 Å². The maximum atomic E-state index is 13.5. The fraction of sp³-hybridized carbons (Fsp3) is 0.560. The highest BCUT2D eigenvalue weighted by atomic mass is 19.1. The van der Waals surface area contributed by atoms with E-state index in [0.29, 0.717) is 36.9 Å². The number of rotatable bonds is 8. The molecule has 8 nitrogen and oxygen atoms in total. The molecule has 2 amide bonds. The van der Waals surface area contributed by atoms with E-state index in [9.17, 15) is 14.0 Å². The molecule has 2 fully saturated rings. The number of amides is 2. The molecule has 2 aromatic rings. The molecule has 1 saturated carbocycles. The van der Waals surface area contributed by atoms with E-state index in [1.54, 1.807) is 31.7 Å². The Morgan fingerprint density at radius 2 is 2.00 bits per heavy atom. The zero-order valence-electron chi connectivity index (χ0n) is 19.9. The van der Waals surface area contributed by atoms with Crippen molar-refractivity contribution in [3.8, 4) is 0 Å². The van der Waals surface area contributed by atoms with Gasteiger partial charge in [-0.1, -0.05) is 19.3 Å². The first-order valence-electron chi connectivity index (χ1n) is 12.0. The minimum Gasteiger partial charge on any atom is -0.348 e. The molecule has 184 valence electrons. The molecule has 2 N–H and O–H groups in total. The van der Waals surface area contributed by atoms with Crippen LogP contribution in [0.4, 0.5) is 4.39 Å². The summed E-state index contributed by atoms with van der Waals surface area (Å²) >= 11 is 0. The van der Waals surface area contributed by atoms with Crippen LogP contribution in [0.25, 0.3) is 0 Å². The Morgan fingerprint density at radius 1 is 1.26 bits per heavy atom. The average molecular weight is 472 g/mol. The second-order valence-electron chi connectivity index (χ2n) is 9.42. The average Bonchev–Trinajstić information content (AvgIpc) is 3.38. The number of halogens is 1. The SMILES string of the molecule is CON(C)C(=O)C(Cc1cnc[nH]1)NC[C@@H]1C[C@H]2CCCC[C@@H]2CN1C(=O)c1ccc(F)cc1. The van der Waals surface area contributed by atoms with Gasteiger partial charge in [0, 0.05) is 50.1 Å². The van der Waals surface area contributed by atoms with Gasteiger partial charge in [0.15, 0.2) is 0 Å². The van der Waals surface area contributed by atoms with Crippen molar-refractivity contribution in [2.45, 2.75) is 50.6 Å². The summed E-state index contributed by atoms with van der Waals surface area (Å²) in [5.74, 6) is 0.446. The first kappa shape index (κ1) is 24.3. The van der Waals surface area contributed by atoms with Crippen LogP contribution >= 0.6 is 0 Å². The number of aromatic nitrogens is 2. The number of carbonyl (C=O) groups is 2. The van der Waals surface area contributed by atoms with Gasteiger partial charge in [0.05, 0.1) is 19.5 Å². The molecule has 1 aliphatic heterocycles. The third-order valence-corrected chi connectivity index (χ3v) is 7.33. The van der Waals surface area contributed by atoms with Crippen LogP contribution in [0, 0.1) is 17.7 Å². The van der Waals surface area contributed by atoms with Gasteiger partial charge in [0.25, 0.3) is 11.8 Å². The zero-order chi connectivity index (χ0) is 24.1. The van der Waals surface area contributed by atoms with Crippen molar-refractivity contribution < 1.29 is 18.8 Å². The van der Waals surface area contributed by atoms with Crippen LogP contribution in [0.15, 0.2) is 36.8 Å². The predicted octanol–water partition coefficient (Wildman–Crippen LogP) is 2.79. The van der Waals surface area contributed by atoms with Gasteiger partial charge in [-0.2, -0.15) is 0 Å². The lowest BCUT2D eigenvalue weighted by molar-refractivity contribution is -0.171. The Labute approximate surface area is 199 Å². The molecular weight excluding hydrogens is 437 g/mol. The van der Waals surface area contributed by atoms with Crippen molar-refractivity contribution in [3.63, 3.8) is 0 Å². The minimum atomic E-state index is -0.530. The van der Waals surface area contributed by atoms with Crippen LogP contribution in [-0.4, -0.2) is 71.1 Å². The predicted molar refractivity (Wildman–Crippen MR) is 125 cm³/mol. The van der Waals surface area contributed by atoms with Crippen LogP contribution in [-0.2, 0) is 16.1 Å². The number of H-pyrrole nitrogens is 1. The van der Waals surface area contributed by atoms with Crippen molar-refractivity contribution in [2.24, 2.45) is 11.8 Å². The van der Waals surface area contributed by atoms with Gasteiger partial charge in [0.1, 0.15) is 5.82 Å². The van der Waals surface area contributed by atoms with Crippen LogP contribution in [0.5, 0.6) is 0 Å². The molecule has 1 unspecified atom stereocenters.